The number of nitrogens with one attached hydrogen (secondary N) is 2. The van der Waals surface area contributed by atoms with Crippen LogP contribution in [0.25, 0.3) is 22.4 Å². The number of aromatic nitrogens is 3. The van der Waals surface area contributed by atoms with Crippen molar-refractivity contribution in [1.82, 2.24) is 20.3 Å². The molecule has 0 unspecified atom stereocenters. The Morgan fingerprint density at radius 3 is 2.42 bits per heavy atom. The average Bonchev–Trinajstić information content (AvgIpc) is 3.23. The highest BCUT2D eigenvalue weighted by Crippen LogP contribution is 2.21. The van der Waals surface area contributed by atoms with Crippen LogP contribution >= 0.6 is 0 Å². The molecule has 4 aromatic rings. The molecular weight excluding hydrogens is 424 g/mol. The zero-order valence-electron chi connectivity index (χ0n) is 16.7. The number of rotatable bonds is 7. The molecule has 4 rings (SSSR count). The van der Waals surface area contributed by atoms with Gasteiger partial charge < -0.3 is 16.0 Å². The summed E-state index contributed by atoms with van der Waals surface area (Å²) in [7, 11) is 0. The Kier molecular flexibility index (Phi) is 6.77. The highest BCUT2D eigenvalue weighted by atomic mass is 16.6. The van der Waals surface area contributed by atoms with Gasteiger partial charge >= 0.3 is 0 Å². The second-order valence-corrected chi connectivity index (χ2v) is 7.11. The summed E-state index contributed by atoms with van der Waals surface area (Å²) in [6.07, 6.45) is 3.43. The highest BCUT2D eigenvalue weighted by Gasteiger charge is 2.20. The number of pyridine rings is 1. The second kappa shape index (κ2) is 9.69. The molecule has 0 fully saturated rings. The van der Waals surface area contributed by atoms with E-state index >= 15 is 0 Å². The van der Waals surface area contributed by atoms with E-state index in [1.54, 1.807) is 30.6 Å². The van der Waals surface area contributed by atoms with Crippen LogP contribution in [0.5, 0.6) is 0 Å². The van der Waals surface area contributed by atoms with Gasteiger partial charge in [0.15, 0.2) is 0 Å². The minimum Gasteiger partial charge on any atom is -0.368 e. The number of carbonyl (C=O) groups is 2. The van der Waals surface area contributed by atoms with Crippen molar-refractivity contribution in [1.29, 1.82) is 0 Å². The number of benzene rings is 2. The summed E-state index contributed by atoms with van der Waals surface area (Å²) in [5, 5.41) is 13.4. The molecule has 0 bridgehead atoms. The van der Waals surface area contributed by atoms with Crippen LogP contribution in [0.1, 0.15) is 23.3 Å². The number of non-ortho nitro benzene ring substituents is 1. The van der Waals surface area contributed by atoms with Crippen LogP contribution in [0.15, 0.2) is 67.0 Å². The number of carbonyl (C=O) groups excluding carboxylic acids is 2. The van der Waals surface area contributed by atoms with Crippen molar-refractivity contribution in [2.75, 3.05) is 0 Å². The number of hydrogen-bond donors (Lipinski definition) is 3. The van der Waals surface area contributed by atoms with Gasteiger partial charge in [0, 0.05) is 42.1 Å². The molecule has 0 spiro atoms. The summed E-state index contributed by atoms with van der Waals surface area (Å²) in [5.41, 5.74) is 8.57. The molecule has 0 aliphatic carbocycles. The molecule has 2 aromatic heterocycles. The first-order valence-electron chi connectivity index (χ1n) is 9.64. The summed E-state index contributed by atoms with van der Waals surface area (Å²) < 4.78 is 0. The van der Waals surface area contributed by atoms with E-state index in [0.29, 0.717) is 28.0 Å². The normalized spacial score (nSPS) is 11.4. The van der Waals surface area contributed by atoms with Crippen molar-refractivity contribution >= 4 is 28.5 Å². The number of amides is 2. The lowest BCUT2D eigenvalue weighted by atomic mass is 10.0. The lowest BCUT2D eigenvalue weighted by Gasteiger charge is -2.15. The predicted octanol–water partition coefficient (Wildman–Crippen LogP) is 3.00. The fraction of sp³-hybridized carbons (Fsp3) is 0.130. The molecule has 4 N–H and O–H groups in total. The van der Waals surface area contributed by atoms with E-state index in [-0.39, 0.29) is 19.5 Å². The van der Waals surface area contributed by atoms with E-state index in [4.69, 9.17) is 5.73 Å². The second-order valence-electron chi connectivity index (χ2n) is 7.11. The van der Waals surface area contributed by atoms with E-state index in [1.165, 1.54) is 24.3 Å². The topological polar surface area (TPSA) is 157 Å². The fourth-order valence-electron chi connectivity index (χ4n) is 3.25. The van der Waals surface area contributed by atoms with E-state index in [9.17, 15) is 19.7 Å². The zero-order valence-corrected chi connectivity index (χ0v) is 16.7. The van der Waals surface area contributed by atoms with Crippen LogP contribution in [0.4, 0.5) is 5.69 Å². The maximum Gasteiger partial charge on any atom is 0.269 e. The Morgan fingerprint density at radius 1 is 1.09 bits per heavy atom. The number of nitrogens with zero attached hydrogens (tertiary/aromatic N) is 3. The van der Waals surface area contributed by atoms with Gasteiger partial charge in [-0.25, -0.2) is 4.98 Å². The first-order valence-corrected chi connectivity index (χ1v) is 9.64. The molecule has 33 heavy (non-hydrogen) atoms. The number of nitro groups is 1. The van der Waals surface area contributed by atoms with Crippen molar-refractivity contribution in [3.63, 3.8) is 0 Å². The maximum absolute atomic E-state index is 12.8. The molecule has 2 aromatic carbocycles. The lowest BCUT2D eigenvalue weighted by molar-refractivity contribution is -0.384. The van der Waals surface area contributed by atoms with Crippen LogP contribution in [0.2, 0.25) is 0 Å². The fourth-order valence-corrected chi connectivity index (χ4v) is 3.25. The molecule has 0 saturated heterocycles. The third kappa shape index (κ3) is 5.18. The number of nitro benzene ring substituents is 1. The Hall–Kier alpha value is -4.60. The van der Waals surface area contributed by atoms with Crippen molar-refractivity contribution in [3.05, 3.63) is 88.2 Å². The molecule has 10 nitrogen and oxygen atoms in total. The van der Waals surface area contributed by atoms with Crippen LogP contribution in [-0.2, 0) is 11.2 Å². The quantitative estimate of drug-likeness (QED) is 0.292. The lowest BCUT2D eigenvalue weighted by Crippen LogP contribution is -2.45. The van der Waals surface area contributed by atoms with Gasteiger partial charge in [0.1, 0.15) is 11.9 Å². The van der Waals surface area contributed by atoms with Crippen molar-refractivity contribution in [2.24, 2.45) is 5.73 Å². The number of fused-ring (bicyclic) bond motifs is 1. The summed E-state index contributed by atoms with van der Waals surface area (Å²) in [6, 6.07) is 13.3. The van der Waals surface area contributed by atoms with Gasteiger partial charge in [0.25, 0.3) is 11.6 Å². The van der Waals surface area contributed by atoms with E-state index in [0.717, 1.165) is 5.56 Å². The minimum atomic E-state index is -0.978. The molecule has 2 amide bonds. The van der Waals surface area contributed by atoms with Gasteiger partial charge in [0.2, 0.25) is 5.91 Å². The van der Waals surface area contributed by atoms with Crippen LogP contribution in [0, 0.1) is 10.1 Å². The highest BCUT2D eigenvalue weighted by molar-refractivity contribution is 6.00. The zero-order chi connectivity index (χ0) is 22.7. The van der Waals surface area contributed by atoms with Crippen molar-refractivity contribution in [2.45, 2.75) is 19.9 Å². The smallest absolute Gasteiger partial charge is 0.269 e. The third-order valence-corrected chi connectivity index (χ3v) is 4.93. The first-order chi connectivity index (χ1) is 15.4. The number of primary amides is 1. The first kappa shape index (κ1) is 23.1. The van der Waals surface area contributed by atoms with Gasteiger partial charge in [-0.2, -0.15) is 0 Å². The monoisotopic (exact) mass is 446 g/mol. The van der Waals surface area contributed by atoms with Gasteiger partial charge in [0.05, 0.1) is 16.0 Å². The molecular formula is C23H22N6O4. The molecule has 168 valence electrons. The van der Waals surface area contributed by atoms with E-state index in [1.807, 2.05) is 12.1 Å². The van der Waals surface area contributed by atoms with E-state index in [2.05, 4.69) is 20.3 Å². The van der Waals surface area contributed by atoms with Crippen molar-refractivity contribution < 1.29 is 14.5 Å². The number of aromatic amines is 1. The van der Waals surface area contributed by atoms with Gasteiger partial charge in [-0.3, -0.25) is 24.7 Å². The number of H-pyrrole nitrogens is 1. The Morgan fingerprint density at radius 2 is 1.79 bits per heavy atom. The van der Waals surface area contributed by atoms with Crippen LogP contribution < -0.4 is 11.1 Å². The SMILES string of the molecule is C.NC(=O)[C@@H](Cc1ccc([N+](=O)[O-])cc1)NC(=O)c1ccc2nc(-c3ccncc3)[nH]c2c1. The molecule has 0 aliphatic heterocycles. The molecule has 10 heteroatoms. The third-order valence-electron chi connectivity index (χ3n) is 4.93. The number of hydrogen-bond acceptors (Lipinski definition) is 6. The van der Waals surface area contributed by atoms with Crippen LogP contribution in [-0.4, -0.2) is 37.7 Å². The molecule has 2 heterocycles. The minimum absolute atomic E-state index is 0. The number of nitrogens with two attached hydrogens (primary N) is 1. The molecule has 0 radical (unpaired) electrons. The molecule has 1 atom stereocenters. The van der Waals surface area contributed by atoms with Crippen molar-refractivity contribution in [3.8, 4) is 11.4 Å². The van der Waals surface area contributed by atoms with Gasteiger partial charge in [-0.15, -0.1) is 0 Å². The Balaban J connectivity index is 0.00000306. The van der Waals surface area contributed by atoms with Gasteiger partial charge in [-0.1, -0.05) is 19.6 Å². The van der Waals surface area contributed by atoms with E-state index < -0.39 is 22.8 Å². The Labute approximate surface area is 189 Å². The summed E-state index contributed by atoms with van der Waals surface area (Å²) in [4.78, 5) is 46.6. The summed E-state index contributed by atoms with van der Waals surface area (Å²) >= 11 is 0. The Bertz CT molecular complexity index is 1300. The maximum atomic E-state index is 12.8. The van der Waals surface area contributed by atoms with Crippen LogP contribution in [0.3, 0.4) is 0 Å². The average molecular weight is 446 g/mol. The standard InChI is InChI=1S/C22H18N6O4.CH4/c23-20(29)19(11-13-1-4-16(5-2-13)28(31)32)27-22(30)15-3-6-17-18(12-15)26-21(25-17)14-7-9-24-10-8-14;/h1-10,12,19H,11H2,(H2,23,29)(H,25,26)(H,27,30);1H4/t19-;/m1./s1. The molecule has 0 saturated carbocycles. The largest absolute Gasteiger partial charge is 0.368 e. The summed E-state index contributed by atoms with van der Waals surface area (Å²) in [5.74, 6) is -0.537. The van der Waals surface area contributed by atoms with Gasteiger partial charge in [-0.05, 0) is 35.9 Å². The summed E-state index contributed by atoms with van der Waals surface area (Å²) in [6.45, 7) is 0. The predicted molar refractivity (Wildman–Crippen MR) is 123 cm³/mol. The molecule has 0 aliphatic rings. The number of imidazole rings is 1.